The summed E-state index contributed by atoms with van der Waals surface area (Å²) in [6.45, 7) is 1.80. The lowest BCUT2D eigenvalue weighted by atomic mass is 9.96. The maximum atomic E-state index is 12.7. The molecule has 0 aliphatic carbocycles. The highest BCUT2D eigenvalue weighted by atomic mass is 16.5. The first-order valence-electron chi connectivity index (χ1n) is 7.01. The summed E-state index contributed by atoms with van der Waals surface area (Å²) in [6.07, 6.45) is 0.525. The smallest absolute Gasteiger partial charge is 0.305 e. The van der Waals surface area contributed by atoms with Crippen LogP contribution in [-0.2, 0) is 16.0 Å². The van der Waals surface area contributed by atoms with Gasteiger partial charge in [-0.1, -0.05) is 18.2 Å². The van der Waals surface area contributed by atoms with Crippen molar-refractivity contribution < 1.29 is 19.1 Å². The van der Waals surface area contributed by atoms with Gasteiger partial charge in [0.2, 0.25) is 5.78 Å². The third-order valence-corrected chi connectivity index (χ3v) is 3.90. The van der Waals surface area contributed by atoms with E-state index in [1.165, 1.54) is 11.7 Å². The van der Waals surface area contributed by atoms with Crippen LogP contribution >= 0.6 is 0 Å². The van der Waals surface area contributed by atoms with Gasteiger partial charge in [-0.25, -0.2) is 0 Å². The van der Waals surface area contributed by atoms with E-state index in [1.807, 2.05) is 0 Å². The molecule has 0 unspecified atom stereocenters. The molecule has 1 aliphatic rings. The molecule has 0 amide bonds. The van der Waals surface area contributed by atoms with E-state index < -0.39 is 0 Å². The molecule has 1 aliphatic heterocycles. The highest BCUT2D eigenvalue weighted by Gasteiger charge is 2.32. The van der Waals surface area contributed by atoms with Gasteiger partial charge < -0.3 is 4.74 Å². The van der Waals surface area contributed by atoms with E-state index in [0.29, 0.717) is 28.9 Å². The number of nitrogens with zero attached hydrogens (tertiary/aromatic N) is 1. The first-order valence-corrected chi connectivity index (χ1v) is 7.01. The lowest BCUT2D eigenvalue weighted by molar-refractivity contribution is -0.140. The van der Waals surface area contributed by atoms with Gasteiger partial charge in [0.05, 0.1) is 24.8 Å². The second-order valence-corrected chi connectivity index (χ2v) is 5.26. The van der Waals surface area contributed by atoms with Crippen LogP contribution in [0.1, 0.15) is 44.1 Å². The predicted molar refractivity (Wildman–Crippen MR) is 79.1 cm³/mol. The topological polar surface area (TPSA) is 65.4 Å². The number of aromatic nitrogens is 1. The standard InChI is InChI=1S/C17H15NO4/c1-10-9-11(7-8-14(19)22-2)18-15(10)16(20)12-5-3-4-6-13(12)17(18)21/h3-6,9H,7-8H2,1-2H3. The Morgan fingerprint density at radius 1 is 1.18 bits per heavy atom. The number of carbonyl (C=O) groups excluding carboxylic acids is 3. The number of esters is 1. The quantitative estimate of drug-likeness (QED) is 0.695. The summed E-state index contributed by atoms with van der Waals surface area (Å²) in [5.41, 5.74) is 2.62. The summed E-state index contributed by atoms with van der Waals surface area (Å²) >= 11 is 0. The molecule has 0 spiro atoms. The van der Waals surface area contributed by atoms with Crippen molar-refractivity contribution >= 4 is 17.7 Å². The van der Waals surface area contributed by atoms with E-state index >= 15 is 0 Å². The van der Waals surface area contributed by atoms with Crippen LogP contribution in [0.3, 0.4) is 0 Å². The maximum absolute atomic E-state index is 12.7. The molecule has 0 N–H and O–H groups in total. The lowest BCUT2D eigenvalue weighted by Crippen LogP contribution is -2.28. The van der Waals surface area contributed by atoms with Crippen LogP contribution in [0.5, 0.6) is 0 Å². The van der Waals surface area contributed by atoms with E-state index in [-0.39, 0.29) is 24.1 Å². The highest BCUT2D eigenvalue weighted by molar-refractivity contribution is 6.21. The van der Waals surface area contributed by atoms with E-state index in [4.69, 9.17) is 0 Å². The Bertz CT molecular complexity index is 801. The summed E-state index contributed by atoms with van der Waals surface area (Å²) < 4.78 is 6.06. The average molecular weight is 297 g/mol. The van der Waals surface area contributed by atoms with Crippen molar-refractivity contribution in [1.29, 1.82) is 0 Å². The number of ketones is 1. The first kappa shape index (κ1) is 14.3. The van der Waals surface area contributed by atoms with E-state index in [2.05, 4.69) is 4.74 Å². The molecular formula is C17H15NO4. The molecule has 0 bridgehead atoms. The summed E-state index contributed by atoms with van der Waals surface area (Å²) in [6, 6.07) is 8.59. The Balaban J connectivity index is 2.08. The van der Waals surface area contributed by atoms with E-state index in [1.54, 1.807) is 37.3 Å². The fourth-order valence-corrected chi connectivity index (χ4v) is 2.85. The minimum absolute atomic E-state index is 0.156. The molecule has 0 atom stereocenters. The number of hydrogen-bond acceptors (Lipinski definition) is 4. The monoisotopic (exact) mass is 297 g/mol. The summed E-state index contributed by atoms with van der Waals surface area (Å²) in [4.78, 5) is 36.6. The fourth-order valence-electron chi connectivity index (χ4n) is 2.85. The molecule has 2 heterocycles. The van der Waals surface area contributed by atoms with Crippen molar-refractivity contribution in [2.75, 3.05) is 7.11 Å². The van der Waals surface area contributed by atoms with Gasteiger partial charge in [-0.15, -0.1) is 0 Å². The average Bonchev–Trinajstić information content (AvgIpc) is 2.87. The van der Waals surface area contributed by atoms with Crippen molar-refractivity contribution in [1.82, 2.24) is 4.57 Å². The molecule has 1 aromatic heterocycles. The van der Waals surface area contributed by atoms with Gasteiger partial charge >= 0.3 is 5.97 Å². The molecule has 2 aromatic rings. The molecule has 5 nitrogen and oxygen atoms in total. The second kappa shape index (κ2) is 5.26. The number of ether oxygens (including phenoxy) is 1. The van der Waals surface area contributed by atoms with Gasteiger partial charge in [-0.05, 0) is 31.0 Å². The molecule has 3 rings (SSSR count). The number of carbonyl (C=O) groups is 3. The minimum Gasteiger partial charge on any atom is -0.469 e. The highest BCUT2D eigenvalue weighted by Crippen LogP contribution is 2.28. The lowest BCUT2D eigenvalue weighted by Gasteiger charge is -2.19. The SMILES string of the molecule is COC(=O)CCc1cc(C)c2n1C(=O)c1ccccc1C2=O. The number of rotatable bonds is 3. The van der Waals surface area contributed by atoms with Gasteiger partial charge in [0.15, 0.2) is 0 Å². The van der Waals surface area contributed by atoms with Crippen molar-refractivity contribution in [3.8, 4) is 0 Å². The summed E-state index contributed by atoms with van der Waals surface area (Å²) in [5.74, 6) is -0.724. The van der Waals surface area contributed by atoms with Crippen molar-refractivity contribution in [3.63, 3.8) is 0 Å². The van der Waals surface area contributed by atoms with Crippen molar-refractivity contribution in [2.24, 2.45) is 0 Å². The van der Waals surface area contributed by atoms with E-state index in [9.17, 15) is 14.4 Å². The molecule has 0 fully saturated rings. The second-order valence-electron chi connectivity index (χ2n) is 5.26. The van der Waals surface area contributed by atoms with Gasteiger partial charge in [0.1, 0.15) is 0 Å². The Kier molecular flexibility index (Phi) is 3.41. The number of hydrogen-bond donors (Lipinski definition) is 0. The number of fused-ring (bicyclic) bond motifs is 2. The number of benzene rings is 1. The van der Waals surface area contributed by atoms with Gasteiger partial charge in [-0.2, -0.15) is 0 Å². The Morgan fingerprint density at radius 2 is 1.86 bits per heavy atom. The Hall–Kier alpha value is -2.69. The molecule has 22 heavy (non-hydrogen) atoms. The molecule has 0 saturated heterocycles. The van der Waals surface area contributed by atoms with E-state index in [0.717, 1.165) is 5.56 Å². The largest absolute Gasteiger partial charge is 0.469 e. The van der Waals surface area contributed by atoms with Crippen LogP contribution in [0, 0.1) is 6.92 Å². The van der Waals surface area contributed by atoms with Crippen LogP contribution in [0.4, 0.5) is 0 Å². The molecule has 5 heteroatoms. The minimum atomic E-state index is -0.344. The van der Waals surface area contributed by atoms with Gasteiger partial charge in [0, 0.05) is 11.3 Å². The zero-order chi connectivity index (χ0) is 15.9. The molecule has 1 aromatic carbocycles. The summed E-state index contributed by atoms with van der Waals surface area (Å²) in [5, 5.41) is 0. The zero-order valence-electron chi connectivity index (χ0n) is 12.4. The number of aryl methyl sites for hydroxylation is 2. The van der Waals surface area contributed by atoms with Crippen molar-refractivity contribution in [3.05, 3.63) is 58.4 Å². The van der Waals surface area contributed by atoms with Crippen molar-refractivity contribution in [2.45, 2.75) is 19.8 Å². The Morgan fingerprint density at radius 3 is 2.55 bits per heavy atom. The van der Waals surface area contributed by atoms with Crippen LogP contribution in [0.15, 0.2) is 30.3 Å². The van der Waals surface area contributed by atoms with Crippen LogP contribution in [0.25, 0.3) is 0 Å². The molecule has 112 valence electrons. The molecular weight excluding hydrogens is 282 g/mol. The first-order chi connectivity index (χ1) is 10.5. The van der Waals surface area contributed by atoms with Gasteiger partial charge in [-0.3, -0.25) is 19.0 Å². The summed E-state index contributed by atoms with van der Waals surface area (Å²) in [7, 11) is 1.33. The van der Waals surface area contributed by atoms with Gasteiger partial charge in [0.25, 0.3) is 5.91 Å². The van der Waals surface area contributed by atoms with Crippen LogP contribution in [-0.4, -0.2) is 29.3 Å². The third kappa shape index (κ3) is 2.06. The van der Waals surface area contributed by atoms with Crippen LogP contribution in [0.2, 0.25) is 0 Å². The molecule has 0 saturated carbocycles. The Labute approximate surface area is 127 Å². The fraction of sp³-hybridized carbons (Fsp3) is 0.235. The predicted octanol–water partition coefficient (Wildman–Crippen LogP) is 2.14. The molecule has 0 radical (unpaired) electrons. The third-order valence-electron chi connectivity index (χ3n) is 3.90. The zero-order valence-corrected chi connectivity index (χ0v) is 12.4. The van der Waals surface area contributed by atoms with Crippen LogP contribution < -0.4 is 0 Å². The maximum Gasteiger partial charge on any atom is 0.305 e. The normalized spacial score (nSPS) is 12.8. The number of methoxy groups -OCH3 is 1.